The molecule has 3 nitrogen and oxygen atoms in total. The van der Waals surface area contributed by atoms with Gasteiger partial charge >= 0.3 is 0 Å². The molecule has 0 saturated heterocycles. The Labute approximate surface area is 64.2 Å². The number of aromatic nitrogens is 2. The van der Waals surface area contributed by atoms with Crippen molar-refractivity contribution in [3.8, 4) is 0 Å². The second-order valence-corrected chi connectivity index (χ2v) is 2.44. The first-order valence-electron chi connectivity index (χ1n) is 3.52. The van der Waals surface area contributed by atoms with E-state index in [4.69, 9.17) is 5.73 Å². The number of hydrogen-bond acceptors (Lipinski definition) is 2. The van der Waals surface area contributed by atoms with Crippen LogP contribution in [-0.2, 0) is 6.54 Å². The summed E-state index contributed by atoms with van der Waals surface area (Å²) < 4.78 is 0. The summed E-state index contributed by atoms with van der Waals surface area (Å²) in [6, 6.07) is 1.97. The molecule has 0 spiro atoms. The molecule has 11 heavy (non-hydrogen) atoms. The minimum Gasteiger partial charge on any atom is -0.360 e. The Hall–Kier alpha value is -1.35. The lowest BCUT2D eigenvalue weighted by molar-refractivity contribution is 1.08. The van der Waals surface area contributed by atoms with Crippen molar-refractivity contribution in [2.75, 3.05) is 0 Å². The quantitative estimate of drug-likeness (QED) is 0.632. The molecule has 0 aliphatic rings. The molecule has 2 rings (SSSR count). The van der Waals surface area contributed by atoms with Crippen LogP contribution in [0.5, 0.6) is 0 Å². The second kappa shape index (κ2) is 2.36. The van der Waals surface area contributed by atoms with E-state index in [-0.39, 0.29) is 0 Å². The Bertz CT molecular complexity index is 364. The standard InChI is InChI=1S/C8H9N3/c9-3-6-4-11-8-5-10-2-1-7(6)8/h1-2,4-5,11H,3,9H2. The molecule has 0 aliphatic carbocycles. The molecule has 3 N–H and O–H groups in total. The van der Waals surface area contributed by atoms with E-state index in [9.17, 15) is 0 Å². The zero-order valence-corrected chi connectivity index (χ0v) is 6.04. The number of nitrogens with zero attached hydrogens (tertiary/aromatic N) is 1. The van der Waals surface area contributed by atoms with E-state index in [2.05, 4.69) is 9.97 Å². The number of nitrogens with one attached hydrogen (secondary N) is 1. The zero-order chi connectivity index (χ0) is 7.68. The molecule has 0 unspecified atom stereocenters. The van der Waals surface area contributed by atoms with Gasteiger partial charge in [0.25, 0.3) is 0 Å². The summed E-state index contributed by atoms with van der Waals surface area (Å²) in [5, 5.41) is 1.17. The number of nitrogens with two attached hydrogens (primary N) is 1. The highest BCUT2D eigenvalue weighted by Gasteiger charge is 1.98. The van der Waals surface area contributed by atoms with Gasteiger partial charge in [-0.3, -0.25) is 4.98 Å². The average Bonchev–Trinajstić information content (AvgIpc) is 2.47. The normalized spacial score (nSPS) is 10.6. The maximum absolute atomic E-state index is 5.52. The first-order valence-corrected chi connectivity index (χ1v) is 3.52. The van der Waals surface area contributed by atoms with Crippen LogP contribution < -0.4 is 5.73 Å². The number of pyridine rings is 1. The molecule has 0 fully saturated rings. The molecule has 0 amide bonds. The van der Waals surface area contributed by atoms with Crippen molar-refractivity contribution in [1.82, 2.24) is 9.97 Å². The van der Waals surface area contributed by atoms with Crippen molar-refractivity contribution >= 4 is 10.9 Å². The molecule has 2 aromatic heterocycles. The van der Waals surface area contributed by atoms with Crippen molar-refractivity contribution < 1.29 is 0 Å². The fourth-order valence-corrected chi connectivity index (χ4v) is 1.20. The van der Waals surface area contributed by atoms with E-state index < -0.39 is 0 Å². The summed E-state index contributed by atoms with van der Waals surface area (Å²) in [6.45, 7) is 0.573. The van der Waals surface area contributed by atoms with E-state index in [1.165, 1.54) is 5.39 Å². The molecular weight excluding hydrogens is 138 g/mol. The van der Waals surface area contributed by atoms with Crippen LogP contribution in [0.4, 0.5) is 0 Å². The van der Waals surface area contributed by atoms with Crippen LogP contribution in [0.3, 0.4) is 0 Å². The molecule has 0 radical (unpaired) electrons. The number of rotatable bonds is 1. The van der Waals surface area contributed by atoms with Gasteiger partial charge in [-0.05, 0) is 11.6 Å². The molecule has 3 heteroatoms. The number of H-pyrrole nitrogens is 1. The Morgan fingerprint density at radius 2 is 2.45 bits per heavy atom. The van der Waals surface area contributed by atoms with E-state index >= 15 is 0 Å². The first-order chi connectivity index (χ1) is 5.42. The maximum Gasteiger partial charge on any atom is 0.0643 e. The van der Waals surface area contributed by atoms with Crippen molar-refractivity contribution in [2.45, 2.75) is 6.54 Å². The van der Waals surface area contributed by atoms with Crippen molar-refractivity contribution in [1.29, 1.82) is 0 Å². The molecule has 0 aliphatic heterocycles. The fourth-order valence-electron chi connectivity index (χ4n) is 1.20. The van der Waals surface area contributed by atoms with Crippen molar-refractivity contribution in [3.05, 3.63) is 30.2 Å². The van der Waals surface area contributed by atoms with Crippen LogP contribution in [0.2, 0.25) is 0 Å². The number of aromatic amines is 1. The molecule has 2 heterocycles. The molecule has 0 aromatic carbocycles. The van der Waals surface area contributed by atoms with E-state index in [1.54, 1.807) is 12.4 Å². The lowest BCUT2D eigenvalue weighted by Gasteiger charge is -1.90. The fraction of sp³-hybridized carbons (Fsp3) is 0.125. The van der Waals surface area contributed by atoms with E-state index in [1.807, 2.05) is 12.3 Å². The molecule has 2 aromatic rings. The van der Waals surface area contributed by atoms with Crippen molar-refractivity contribution in [2.24, 2.45) is 5.73 Å². The van der Waals surface area contributed by atoms with Gasteiger partial charge in [0.15, 0.2) is 0 Å². The summed E-state index contributed by atoms with van der Waals surface area (Å²) in [7, 11) is 0. The van der Waals surface area contributed by atoms with Gasteiger partial charge in [0, 0.05) is 24.3 Å². The van der Waals surface area contributed by atoms with Crippen LogP contribution >= 0.6 is 0 Å². The third kappa shape index (κ3) is 0.897. The zero-order valence-electron chi connectivity index (χ0n) is 6.04. The minimum absolute atomic E-state index is 0.573. The molecule has 0 bridgehead atoms. The third-order valence-electron chi connectivity index (χ3n) is 1.79. The highest BCUT2D eigenvalue weighted by molar-refractivity contribution is 5.81. The summed E-state index contributed by atoms with van der Waals surface area (Å²) in [5.41, 5.74) is 7.71. The Morgan fingerprint density at radius 3 is 3.27 bits per heavy atom. The highest BCUT2D eigenvalue weighted by Crippen LogP contribution is 2.15. The summed E-state index contributed by atoms with van der Waals surface area (Å²) >= 11 is 0. The van der Waals surface area contributed by atoms with Crippen LogP contribution in [0.25, 0.3) is 10.9 Å². The molecule has 56 valence electrons. The van der Waals surface area contributed by atoms with Crippen molar-refractivity contribution in [3.63, 3.8) is 0 Å². The van der Waals surface area contributed by atoms with Crippen LogP contribution in [0.1, 0.15) is 5.56 Å². The average molecular weight is 147 g/mol. The van der Waals surface area contributed by atoms with E-state index in [0.717, 1.165) is 11.1 Å². The largest absolute Gasteiger partial charge is 0.360 e. The Kier molecular flexibility index (Phi) is 1.36. The van der Waals surface area contributed by atoms with Gasteiger partial charge in [0.1, 0.15) is 0 Å². The topological polar surface area (TPSA) is 54.7 Å². The highest BCUT2D eigenvalue weighted by atomic mass is 14.7. The summed E-state index contributed by atoms with van der Waals surface area (Å²) in [6.07, 6.45) is 5.50. The molecule has 0 saturated carbocycles. The summed E-state index contributed by atoms with van der Waals surface area (Å²) in [4.78, 5) is 7.09. The van der Waals surface area contributed by atoms with Gasteiger partial charge < -0.3 is 10.7 Å². The second-order valence-electron chi connectivity index (χ2n) is 2.44. The number of fused-ring (bicyclic) bond motifs is 1. The van der Waals surface area contributed by atoms with Crippen LogP contribution in [0.15, 0.2) is 24.7 Å². The third-order valence-corrected chi connectivity index (χ3v) is 1.79. The van der Waals surface area contributed by atoms with E-state index in [0.29, 0.717) is 6.54 Å². The van der Waals surface area contributed by atoms with Gasteiger partial charge in [-0.2, -0.15) is 0 Å². The molecule has 0 atom stereocenters. The lowest BCUT2D eigenvalue weighted by atomic mass is 10.2. The maximum atomic E-state index is 5.52. The van der Waals surface area contributed by atoms with Gasteiger partial charge in [0.2, 0.25) is 0 Å². The smallest absolute Gasteiger partial charge is 0.0643 e. The Balaban J connectivity index is 2.76. The first kappa shape index (κ1) is 6.37. The SMILES string of the molecule is NCc1c[nH]c2cnccc12. The van der Waals surface area contributed by atoms with Gasteiger partial charge in [-0.25, -0.2) is 0 Å². The number of hydrogen-bond donors (Lipinski definition) is 2. The Morgan fingerprint density at radius 1 is 1.55 bits per heavy atom. The predicted molar refractivity (Wildman–Crippen MR) is 44.0 cm³/mol. The monoisotopic (exact) mass is 147 g/mol. The molecular formula is C8H9N3. The summed E-state index contributed by atoms with van der Waals surface area (Å²) in [5.74, 6) is 0. The minimum atomic E-state index is 0.573. The lowest BCUT2D eigenvalue weighted by Crippen LogP contribution is -1.93. The van der Waals surface area contributed by atoms with Gasteiger partial charge in [-0.15, -0.1) is 0 Å². The van der Waals surface area contributed by atoms with Gasteiger partial charge in [0.05, 0.1) is 11.7 Å². The van der Waals surface area contributed by atoms with Crippen LogP contribution in [-0.4, -0.2) is 9.97 Å². The predicted octanol–water partition coefficient (Wildman–Crippen LogP) is 1.02. The van der Waals surface area contributed by atoms with Gasteiger partial charge in [-0.1, -0.05) is 0 Å². The van der Waals surface area contributed by atoms with Crippen LogP contribution in [0, 0.1) is 0 Å².